The Bertz CT molecular complexity index is 712. The van der Waals surface area contributed by atoms with Crippen molar-refractivity contribution in [3.05, 3.63) is 24.3 Å². The number of carbonyl (C=O) groups excluding carboxylic acids is 2. The molecule has 0 spiro atoms. The summed E-state index contributed by atoms with van der Waals surface area (Å²) in [6.45, 7) is 0.945. The molecule has 0 unspecified atom stereocenters. The van der Waals surface area contributed by atoms with Crippen LogP contribution in [0.2, 0.25) is 0 Å². The lowest BCUT2D eigenvalue weighted by molar-refractivity contribution is -0.274. The van der Waals surface area contributed by atoms with Crippen LogP contribution < -0.4 is 15.4 Å². The van der Waals surface area contributed by atoms with Crippen LogP contribution in [0.3, 0.4) is 0 Å². The first kappa shape index (κ1) is 21.3. The van der Waals surface area contributed by atoms with Crippen LogP contribution in [0.4, 0.5) is 23.7 Å². The lowest BCUT2D eigenvalue weighted by atomic mass is 9.88. The largest absolute Gasteiger partial charge is 0.573 e. The maximum absolute atomic E-state index is 12.4. The second-order valence-electron chi connectivity index (χ2n) is 7.61. The molecule has 1 aliphatic heterocycles. The monoisotopic (exact) mass is 413 g/mol. The Hall–Kier alpha value is -2.45. The van der Waals surface area contributed by atoms with E-state index in [2.05, 4.69) is 15.4 Å². The minimum absolute atomic E-state index is 0.0528. The van der Waals surface area contributed by atoms with Crippen LogP contribution >= 0.6 is 0 Å². The molecule has 1 saturated heterocycles. The highest BCUT2D eigenvalue weighted by Crippen LogP contribution is 2.26. The summed E-state index contributed by atoms with van der Waals surface area (Å²) in [6.07, 6.45) is 1.83. The van der Waals surface area contributed by atoms with Crippen molar-refractivity contribution in [3.8, 4) is 5.75 Å². The molecule has 0 atom stereocenters. The van der Waals surface area contributed by atoms with Crippen LogP contribution in [-0.4, -0.2) is 42.3 Å². The molecule has 1 heterocycles. The number of piperidine rings is 1. The number of urea groups is 1. The molecular formula is C20H26F3N3O3. The van der Waals surface area contributed by atoms with E-state index in [9.17, 15) is 22.8 Å². The van der Waals surface area contributed by atoms with Gasteiger partial charge in [0.1, 0.15) is 5.75 Å². The summed E-state index contributed by atoms with van der Waals surface area (Å²) in [5.74, 6) is -0.162. The fourth-order valence-corrected chi connectivity index (χ4v) is 3.88. The topological polar surface area (TPSA) is 70.7 Å². The number of nitrogens with zero attached hydrogens (tertiary/aromatic N) is 1. The van der Waals surface area contributed by atoms with Crippen LogP contribution in [-0.2, 0) is 4.79 Å². The van der Waals surface area contributed by atoms with Crippen molar-refractivity contribution in [1.82, 2.24) is 10.2 Å². The van der Waals surface area contributed by atoms with E-state index in [0.717, 1.165) is 31.7 Å². The average molecular weight is 413 g/mol. The Kier molecular flexibility index (Phi) is 6.87. The molecule has 0 radical (unpaired) electrons. The Morgan fingerprint density at radius 2 is 1.72 bits per heavy atom. The molecule has 2 fully saturated rings. The molecule has 1 aromatic carbocycles. The number of carbonyl (C=O) groups is 2. The number of hydrogen-bond acceptors (Lipinski definition) is 3. The van der Waals surface area contributed by atoms with Gasteiger partial charge in [-0.2, -0.15) is 0 Å². The van der Waals surface area contributed by atoms with Crippen LogP contribution in [0.25, 0.3) is 0 Å². The van der Waals surface area contributed by atoms with Gasteiger partial charge in [0.2, 0.25) is 5.91 Å². The molecule has 1 saturated carbocycles. The molecule has 3 amide bonds. The minimum Gasteiger partial charge on any atom is -0.406 e. The van der Waals surface area contributed by atoms with E-state index in [1.807, 2.05) is 0 Å². The first-order valence-corrected chi connectivity index (χ1v) is 10.0. The molecule has 3 rings (SSSR count). The zero-order chi connectivity index (χ0) is 20.9. The number of halogens is 3. The summed E-state index contributed by atoms with van der Waals surface area (Å²) in [6, 6.07) is 4.84. The van der Waals surface area contributed by atoms with Crippen LogP contribution in [0.5, 0.6) is 5.75 Å². The number of ether oxygens (including phenoxy) is 1. The van der Waals surface area contributed by atoms with Gasteiger partial charge in [-0.3, -0.25) is 4.79 Å². The van der Waals surface area contributed by atoms with Gasteiger partial charge in [0.25, 0.3) is 0 Å². The van der Waals surface area contributed by atoms with Crippen molar-refractivity contribution in [2.75, 3.05) is 18.4 Å². The molecule has 9 heteroatoms. The maximum atomic E-state index is 12.4. The SMILES string of the molecule is O=C(NC1CCN(C(=O)Nc2cccc(OC(F)(F)F)c2)CC1)C1CCCCC1. The second kappa shape index (κ2) is 9.37. The summed E-state index contributed by atoms with van der Waals surface area (Å²) >= 11 is 0. The molecule has 1 aromatic rings. The van der Waals surface area contributed by atoms with Gasteiger partial charge in [0.05, 0.1) is 0 Å². The van der Waals surface area contributed by atoms with Gasteiger partial charge in [-0.25, -0.2) is 4.79 Å². The fourth-order valence-electron chi connectivity index (χ4n) is 3.88. The lowest BCUT2D eigenvalue weighted by Crippen LogP contribution is -2.49. The summed E-state index contributed by atoms with van der Waals surface area (Å²) in [7, 11) is 0. The van der Waals surface area contributed by atoms with Crippen molar-refractivity contribution in [3.63, 3.8) is 0 Å². The number of anilines is 1. The van der Waals surface area contributed by atoms with E-state index < -0.39 is 6.36 Å². The number of amides is 3. The molecule has 6 nitrogen and oxygen atoms in total. The van der Waals surface area contributed by atoms with Gasteiger partial charge in [-0.1, -0.05) is 25.3 Å². The highest BCUT2D eigenvalue weighted by molar-refractivity contribution is 5.89. The molecular weight excluding hydrogens is 387 g/mol. The number of likely N-dealkylation sites (tertiary alicyclic amines) is 1. The van der Waals surface area contributed by atoms with Gasteiger partial charge < -0.3 is 20.3 Å². The Labute approximate surface area is 167 Å². The van der Waals surface area contributed by atoms with E-state index in [4.69, 9.17) is 0 Å². The van der Waals surface area contributed by atoms with E-state index in [1.165, 1.54) is 24.6 Å². The first-order valence-electron chi connectivity index (χ1n) is 10.0. The Morgan fingerprint density at radius 3 is 2.38 bits per heavy atom. The van der Waals surface area contributed by atoms with Gasteiger partial charge in [-0.05, 0) is 37.8 Å². The highest BCUT2D eigenvalue weighted by atomic mass is 19.4. The van der Waals surface area contributed by atoms with Crippen molar-refractivity contribution in [2.24, 2.45) is 5.92 Å². The summed E-state index contributed by atoms with van der Waals surface area (Å²) in [5, 5.41) is 5.70. The summed E-state index contributed by atoms with van der Waals surface area (Å²) < 4.78 is 40.8. The van der Waals surface area contributed by atoms with Gasteiger partial charge in [0, 0.05) is 36.8 Å². The molecule has 0 bridgehead atoms. The zero-order valence-corrected chi connectivity index (χ0v) is 16.1. The molecule has 2 N–H and O–H groups in total. The zero-order valence-electron chi connectivity index (χ0n) is 16.1. The number of alkyl halides is 3. The molecule has 1 aliphatic carbocycles. The average Bonchev–Trinajstić information content (AvgIpc) is 2.68. The van der Waals surface area contributed by atoms with Crippen molar-refractivity contribution in [1.29, 1.82) is 0 Å². The number of benzene rings is 1. The lowest BCUT2D eigenvalue weighted by Gasteiger charge is -2.33. The maximum Gasteiger partial charge on any atom is 0.573 e. The third-order valence-corrected chi connectivity index (χ3v) is 5.42. The molecule has 160 valence electrons. The smallest absolute Gasteiger partial charge is 0.406 e. The van der Waals surface area contributed by atoms with Gasteiger partial charge >= 0.3 is 12.4 Å². The summed E-state index contributed by atoms with van der Waals surface area (Å²) in [5.41, 5.74) is 0.226. The predicted octanol–water partition coefficient (Wildman–Crippen LogP) is 4.28. The third-order valence-electron chi connectivity index (χ3n) is 5.42. The van der Waals surface area contributed by atoms with Crippen LogP contribution in [0.1, 0.15) is 44.9 Å². The summed E-state index contributed by atoms with van der Waals surface area (Å²) in [4.78, 5) is 26.4. The van der Waals surface area contributed by atoms with E-state index in [1.54, 1.807) is 4.90 Å². The van der Waals surface area contributed by atoms with E-state index >= 15 is 0 Å². The molecule has 29 heavy (non-hydrogen) atoms. The molecule has 0 aromatic heterocycles. The number of nitrogens with one attached hydrogen (secondary N) is 2. The quantitative estimate of drug-likeness (QED) is 0.774. The highest BCUT2D eigenvalue weighted by Gasteiger charge is 2.31. The number of rotatable bonds is 4. The second-order valence-corrected chi connectivity index (χ2v) is 7.61. The van der Waals surface area contributed by atoms with E-state index in [-0.39, 0.29) is 35.3 Å². The van der Waals surface area contributed by atoms with Crippen LogP contribution in [0.15, 0.2) is 24.3 Å². The predicted molar refractivity (Wildman–Crippen MR) is 101 cm³/mol. The van der Waals surface area contributed by atoms with Crippen molar-refractivity contribution >= 4 is 17.6 Å². The standard InChI is InChI=1S/C20H26F3N3O3/c21-20(22,23)29-17-8-4-7-16(13-17)25-19(28)26-11-9-15(10-12-26)24-18(27)14-5-2-1-3-6-14/h4,7-8,13-15H,1-3,5-6,9-12H2,(H,24,27)(H,25,28). The van der Waals surface area contributed by atoms with Crippen molar-refractivity contribution < 1.29 is 27.5 Å². The Morgan fingerprint density at radius 1 is 1.03 bits per heavy atom. The van der Waals surface area contributed by atoms with Crippen molar-refractivity contribution in [2.45, 2.75) is 57.3 Å². The fraction of sp³-hybridized carbons (Fsp3) is 0.600. The normalized spacial score (nSPS) is 18.9. The van der Waals surface area contributed by atoms with Gasteiger partial charge in [0.15, 0.2) is 0 Å². The van der Waals surface area contributed by atoms with E-state index in [0.29, 0.717) is 25.9 Å². The Balaban J connectivity index is 1.45. The van der Waals surface area contributed by atoms with Crippen LogP contribution in [0, 0.1) is 5.92 Å². The minimum atomic E-state index is -4.79. The van der Waals surface area contributed by atoms with Gasteiger partial charge in [-0.15, -0.1) is 13.2 Å². The third kappa shape index (κ3) is 6.54. The number of hydrogen-bond donors (Lipinski definition) is 2. The molecule has 2 aliphatic rings. The first-order chi connectivity index (χ1) is 13.8.